The molecule has 146 valence electrons. The van der Waals surface area contributed by atoms with Crippen molar-refractivity contribution in [3.05, 3.63) is 13.6 Å². The molecule has 1 atom stereocenters. The molecule has 1 unspecified atom stereocenters. The molecule has 7 nitrogen and oxygen atoms in total. The van der Waals surface area contributed by atoms with E-state index in [0.29, 0.717) is 26.1 Å². The van der Waals surface area contributed by atoms with E-state index in [1.54, 1.807) is 6.41 Å². The number of ether oxygens (including phenoxy) is 2. The summed E-state index contributed by atoms with van der Waals surface area (Å²) in [5.74, 6) is 0.208. The molecule has 0 aliphatic rings. The maximum atomic E-state index is 11.4. The zero-order chi connectivity index (χ0) is 17.4. The van der Waals surface area contributed by atoms with Crippen LogP contribution in [0.4, 0.5) is 0 Å². The van der Waals surface area contributed by atoms with Gasteiger partial charge in [-0.1, -0.05) is 27.7 Å². The van der Waals surface area contributed by atoms with Crippen molar-refractivity contribution in [2.75, 3.05) is 26.4 Å². The third-order valence-electron chi connectivity index (χ3n) is 2.64. The van der Waals surface area contributed by atoms with Crippen molar-refractivity contribution in [3.63, 3.8) is 0 Å². The van der Waals surface area contributed by atoms with Gasteiger partial charge in [-0.25, -0.2) is 0 Å². The van der Waals surface area contributed by atoms with Gasteiger partial charge in [-0.05, 0) is 6.92 Å². The van der Waals surface area contributed by atoms with Crippen LogP contribution in [0.2, 0.25) is 0 Å². The minimum atomic E-state index is -0.325. The zero-order valence-electron chi connectivity index (χ0n) is 17.0. The first kappa shape index (κ1) is 36.3. The van der Waals surface area contributed by atoms with Crippen LogP contribution in [0.1, 0.15) is 47.5 Å². The molecule has 0 spiro atoms. The molecule has 0 aromatic carbocycles. The number of hydrogen-bond donors (Lipinski definition) is 1. The summed E-state index contributed by atoms with van der Waals surface area (Å²) in [4.78, 5) is 32.4. The normalized spacial score (nSPS) is 10.0. The third kappa shape index (κ3) is 26.7. The molecule has 25 heavy (non-hydrogen) atoms. The van der Waals surface area contributed by atoms with Crippen molar-refractivity contribution >= 4 is 18.0 Å². The van der Waals surface area contributed by atoms with Crippen molar-refractivity contribution in [1.29, 1.82) is 0 Å². The molecule has 0 saturated carbocycles. The Morgan fingerprint density at radius 3 is 1.84 bits per heavy atom. The number of nitrogens with one attached hydrogen (secondary N) is 1. The van der Waals surface area contributed by atoms with Gasteiger partial charge < -0.3 is 33.2 Å². The van der Waals surface area contributed by atoms with Gasteiger partial charge in [0.25, 0.3) is 0 Å². The van der Waals surface area contributed by atoms with Gasteiger partial charge >= 0.3 is 51.4 Å². The predicted octanol–water partition coefficient (Wildman–Crippen LogP) is -0.163. The van der Waals surface area contributed by atoms with Crippen LogP contribution in [0.5, 0.6) is 0 Å². The second-order valence-electron chi connectivity index (χ2n) is 4.92. The van der Waals surface area contributed by atoms with Crippen LogP contribution in [0.15, 0.2) is 0 Å². The number of ketones is 2. The number of carbonyl (C=O) groups excluding carboxylic acids is 3. The molecule has 8 heteroatoms. The molecule has 0 radical (unpaired) electrons. The summed E-state index contributed by atoms with van der Waals surface area (Å²) in [6.07, 6.45) is 2.30. The molecule has 0 rings (SSSR count). The molecule has 0 aromatic rings. The van der Waals surface area contributed by atoms with Crippen molar-refractivity contribution in [2.45, 2.75) is 53.5 Å². The van der Waals surface area contributed by atoms with Crippen LogP contribution < -0.4 is 56.7 Å². The smallest absolute Gasteiger partial charge is 0.693 e. The molecule has 0 aliphatic heterocycles. The summed E-state index contributed by atoms with van der Waals surface area (Å²) in [7, 11) is 0. The van der Waals surface area contributed by atoms with E-state index < -0.39 is 0 Å². The Morgan fingerprint density at radius 1 is 1.04 bits per heavy atom. The Balaban J connectivity index is -0.000000256. The quantitative estimate of drug-likeness (QED) is 0.204. The maximum absolute atomic E-state index is 11.4. The van der Waals surface area contributed by atoms with Crippen LogP contribution in [-0.2, 0) is 23.9 Å². The fraction of sp³-hybridized carbons (Fsp3) is 0.765. The molecule has 1 amide bonds. The van der Waals surface area contributed by atoms with Crippen LogP contribution in [0.25, 0.3) is 6.15 Å². The van der Waals surface area contributed by atoms with Crippen LogP contribution in [-0.4, -0.2) is 50.4 Å². The fourth-order valence-electron chi connectivity index (χ4n) is 1.34. The van der Waals surface area contributed by atoms with Gasteiger partial charge in [0.15, 0.2) is 0 Å². The van der Waals surface area contributed by atoms with E-state index in [1.165, 1.54) is 6.92 Å². The summed E-state index contributed by atoms with van der Waals surface area (Å²) < 4.78 is 10.6. The van der Waals surface area contributed by atoms with Crippen molar-refractivity contribution in [2.24, 2.45) is 5.92 Å². The van der Waals surface area contributed by atoms with Gasteiger partial charge in [-0.3, -0.25) is 9.59 Å². The number of nitrogens with two attached hydrogens (primary N) is 1. The fourth-order valence-corrected chi connectivity index (χ4v) is 1.34. The molecular weight excluding hydrogens is 351 g/mol. The topological polar surface area (TPSA) is 115 Å². The maximum Gasteiger partial charge on any atom is 1.00 e. The Labute approximate surface area is 196 Å². The van der Waals surface area contributed by atoms with Gasteiger partial charge in [0, 0.05) is 24.8 Å². The third-order valence-corrected chi connectivity index (χ3v) is 2.64. The largest absolute Gasteiger partial charge is 1.00 e. The average Bonchev–Trinajstić information content (AvgIpc) is 2.49. The van der Waals surface area contributed by atoms with E-state index in [2.05, 4.69) is 5.32 Å². The van der Waals surface area contributed by atoms with Gasteiger partial charge in [0.2, 0.25) is 0 Å². The van der Waals surface area contributed by atoms with E-state index >= 15 is 0 Å². The average molecular weight is 387 g/mol. The molecule has 0 fully saturated rings. The Bertz CT molecular complexity index is 315. The first-order valence-electron chi connectivity index (χ1n) is 7.77. The Hall–Kier alpha value is 0.326. The molecular formula is C17H35KN2O5-2. The monoisotopic (exact) mass is 386 g/mol. The number of Topliss-reactive ketones (excluding diaryl/α,β-unsaturated/α-hetero) is 2. The Kier molecular flexibility index (Phi) is 38.5. The first-order valence-corrected chi connectivity index (χ1v) is 7.77. The van der Waals surface area contributed by atoms with E-state index in [0.717, 1.165) is 0 Å². The minimum Gasteiger partial charge on any atom is -0.693 e. The van der Waals surface area contributed by atoms with Crippen molar-refractivity contribution in [3.8, 4) is 0 Å². The SMILES string of the molecule is CC.CC(=O)CCOCC(COCCC(=O)C(C)C)N[C-]=O.[CH3-].[K+].[NH2-]. The summed E-state index contributed by atoms with van der Waals surface area (Å²) in [5.41, 5.74) is 0. The number of rotatable bonds is 13. The van der Waals surface area contributed by atoms with Gasteiger partial charge in [-0.15, -0.1) is 0 Å². The predicted molar refractivity (Wildman–Crippen MR) is 97.1 cm³/mol. The van der Waals surface area contributed by atoms with E-state index in [-0.39, 0.29) is 102 Å². The molecule has 3 N–H and O–H groups in total. The van der Waals surface area contributed by atoms with Gasteiger partial charge in [-0.2, -0.15) is 6.41 Å². The standard InChI is InChI=1S/C14H24NO5.C2H6.CH3.K.H2N/c1-11(2)14(18)5-7-20-9-13(15-10-16)8-19-6-4-12(3)17;1-2;;;/h11,13H,4-9H2,1-3H3,(H,15,16);1-2H3;1H3;;1H2/q-1;;-1;+1;-1. The number of hydrogen-bond acceptors (Lipinski definition) is 5. The second-order valence-corrected chi connectivity index (χ2v) is 4.92. The van der Waals surface area contributed by atoms with Crippen LogP contribution in [0, 0.1) is 13.3 Å². The Morgan fingerprint density at radius 2 is 1.48 bits per heavy atom. The number of carbonyl (C=O) groups is 2. The van der Waals surface area contributed by atoms with Gasteiger partial charge in [0.05, 0.1) is 26.4 Å². The van der Waals surface area contributed by atoms with Gasteiger partial charge in [0.1, 0.15) is 11.6 Å². The zero-order valence-corrected chi connectivity index (χ0v) is 20.1. The van der Waals surface area contributed by atoms with Crippen molar-refractivity contribution in [1.82, 2.24) is 5.32 Å². The molecule has 0 aliphatic carbocycles. The molecule has 0 heterocycles. The first-order chi connectivity index (χ1) is 10.5. The summed E-state index contributed by atoms with van der Waals surface area (Å²) >= 11 is 0. The second kappa shape index (κ2) is 26.6. The molecule has 0 saturated heterocycles. The van der Waals surface area contributed by atoms with Crippen LogP contribution in [0.3, 0.4) is 0 Å². The number of amides is 1. The summed E-state index contributed by atoms with van der Waals surface area (Å²) in [6, 6.07) is -0.325. The van der Waals surface area contributed by atoms with E-state index in [1.807, 2.05) is 27.7 Å². The summed E-state index contributed by atoms with van der Waals surface area (Å²) in [6.45, 7) is 10.3. The minimum absolute atomic E-state index is 0. The van der Waals surface area contributed by atoms with Crippen molar-refractivity contribution < 1.29 is 75.2 Å². The summed E-state index contributed by atoms with van der Waals surface area (Å²) in [5, 5.41) is 2.46. The van der Waals surface area contributed by atoms with E-state index in [4.69, 9.17) is 9.47 Å². The molecule has 0 bridgehead atoms. The molecule has 0 aromatic heterocycles. The van der Waals surface area contributed by atoms with Crippen LogP contribution >= 0.6 is 0 Å². The van der Waals surface area contributed by atoms with E-state index in [9.17, 15) is 14.4 Å².